The maximum atomic E-state index is 12.3. The van der Waals surface area contributed by atoms with Gasteiger partial charge in [0.05, 0.1) is 22.4 Å². The SMILES string of the molecule is CCN1C(=O)c2ccc(S(C)(=O)=O)c(CC(N)=O)c2C1=O. The van der Waals surface area contributed by atoms with Gasteiger partial charge in [0.25, 0.3) is 11.8 Å². The topological polar surface area (TPSA) is 115 Å². The highest BCUT2D eigenvalue weighted by molar-refractivity contribution is 7.90. The molecule has 2 rings (SSSR count). The van der Waals surface area contributed by atoms with Crippen LogP contribution in [0.25, 0.3) is 0 Å². The molecule has 0 fully saturated rings. The summed E-state index contributed by atoms with van der Waals surface area (Å²) in [5.74, 6) is -1.87. The molecule has 1 aromatic rings. The van der Waals surface area contributed by atoms with Crippen LogP contribution in [-0.2, 0) is 21.1 Å². The second-order valence-electron chi connectivity index (χ2n) is 4.73. The highest BCUT2D eigenvalue weighted by atomic mass is 32.2. The number of nitrogens with two attached hydrogens (primary N) is 1. The molecule has 0 aliphatic carbocycles. The van der Waals surface area contributed by atoms with Crippen molar-refractivity contribution >= 4 is 27.6 Å². The van der Waals surface area contributed by atoms with Gasteiger partial charge in [-0.25, -0.2) is 8.42 Å². The Bertz CT molecular complexity index is 767. The standard InChI is InChI=1S/C13H14N2O5S/c1-3-15-12(17)7-4-5-9(21(2,19)20)8(6-10(14)16)11(7)13(15)18/h4-5H,3,6H2,1-2H3,(H2,14,16). The van der Waals surface area contributed by atoms with E-state index in [1.54, 1.807) is 6.92 Å². The molecule has 0 unspecified atom stereocenters. The fourth-order valence-electron chi connectivity index (χ4n) is 2.41. The number of hydrogen-bond donors (Lipinski definition) is 1. The molecule has 2 N–H and O–H groups in total. The lowest BCUT2D eigenvalue weighted by Crippen LogP contribution is -2.29. The molecule has 7 nitrogen and oxygen atoms in total. The zero-order valence-corrected chi connectivity index (χ0v) is 12.4. The van der Waals surface area contributed by atoms with Crippen molar-refractivity contribution < 1.29 is 22.8 Å². The number of sulfone groups is 1. The van der Waals surface area contributed by atoms with E-state index in [1.165, 1.54) is 12.1 Å². The quantitative estimate of drug-likeness (QED) is 0.769. The Morgan fingerprint density at radius 3 is 2.33 bits per heavy atom. The van der Waals surface area contributed by atoms with Crippen molar-refractivity contribution in [3.63, 3.8) is 0 Å². The van der Waals surface area contributed by atoms with Crippen LogP contribution in [0, 0.1) is 0 Å². The summed E-state index contributed by atoms with van der Waals surface area (Å²) < 4.78 is 23.6. The summed E-state index contributed by atoms with van der Waals surface area (Å²) in [6.07, 6.45) is 0.556. The molecule has 1 heterocycles. The number of primary amides is 1. The molecular formula is C13H14N2O5S. The number of nitrogens with zero attached hydrogens (tertiary/aromatic N) is 1. The Kier molecular flexibility index (Phi) is 3.58. The molecule has 1 aliphatic rings. The Morgan fingerprint density at radius 2 is 1.86 bits per heavy atom. The third-order valence-corrected chi connectivity index (χ3v) is 4.45. The maximum absolute atomic E-state index is 12.3. The van der Waals surface area contributed by atoms with Crippen molar-refractivity contribution in [1.29, 1.82) is 0 Å². The first-order valence-corrected chi connectivity index (χ1v) is 8.08. The number of carbonyl (C=O) groups excluding carboxylic acids is 3. The third-order valence-electron chi connectivity index (χ3n) is 3.27. The Balaban J connectivity index is 2.80. The second-order valence-corrected chi connectivity index (χ2v) is 6.72. The van der Waals surface area contributed by atoms with E-state index in [-0.39, 0.29) is 28.1 Å². The van der Waals surface area contributed by atoms with Crippen LogP contribution >= 0.6 is 0 Å². The number of fused-ring (bicyclic) bond motifs is 1. The van der Waals surface area contributed by atoms with E-state index in [0.29, 0.717) is 0 Å². The maximum Gasteiger partial charge on any atom is 0.261 e. The number of imide groups is 1. The van der Waals surface area contributed by atoms with Crippen LogP contribution in [0.5, 0.6) is 0 Å². The van der Waals surface area contributed by atoms with Gasteiger partial charge in [-0.1, -0.05) is 0 Å². The normalized spacial score (nSPS) is 14.5. The predicted molar refractivity (Wildman–Crippen MR) is 73.5 cm³/mol. The molecule has 21 heavy (non-hydrogen) atoms. The fraction of sp³-hybridized carbons (Fsp3) is 0.308. The minimum atomic E-state index is -3.66. The smallest absolute Gasteiger partial charge is 0.261 e. The zero-order valence-electron chi connectivity index (χ0n) is 11.5. The van der Waals surface area contributed by atoms with Crippen molar-refractivity contribution in [2.45, 2.75) is 18.2 Å². The molecule has 0 spiro atoms. The Labute approximate surface area is 121 Å². The van der Waals surface area contributed by atoms with Crippen LogP contribution in [0.2, 0.25) is 0 Å². The van der Waals surface area contributed by atoms with E-state index < -0.39 is 34.0 Å². The highest BCUT2D eigenvalue weighted by Gasteiger charge is 2.38. The molecule has 0 bridgehead atoms. The van der Waals surface area contributed by atoms with Crippen LogP contribution in [0.4, 0.5) is 0 Å². The molecule has 0 atom stereocenters. The fourth-order valence-corrected chi connectivity index (χ4v) is 3.35. The van der Waals surface area contributed by atoms with Gasteiger partial charge in [0, 0.05) is 12.8 Å². The molecule has 8 heteroatoms. The number of carbonyl (C=O) groups is 3. The average molecular weight is 310 g/mol. The molecule has 112 valence electrons. The van der Waals surface area contributed by atoms with E-state index in [1.807, 2.05) is 0 Å². The highest BCUT2D eigenvalue weighted by Crippen LogP contribution is 2.30. The van der Waals surface area contributed by atoms with Crippen LogP contribution in [0.15, 0.2) is 17.0 Å². The number of rotatable bonds is 4. The first-order chi connectivity index (χ1) is 9.68. The van der Waals surface area contributed by atoms with Gasteiger partial charge < -0.3 is 5.73 Å². The lowest BCUT2D eigenvalue weighted by atomic mass is 10.00. The number of amides is 3. The number of hydrogen-bond acceptors (Lipinski definition) is 5. The van der Waals surface area contributed by atoms with E-state index in [0.717, 1.165) is 11.2 Å². The molecule has 3 amide bonds. The van der Waals surface area contributed by atoms with Crippen LogP contribution in [0.1, 0.15) is 33.2 Å². The first-order valence-electron chi connectivity index (χ1n) is 6.19. The van der Waals surface area contributed by atoms with Gasteiger partial charge in [0.15, 0.2) is 9.84 Å². The summed E-state index contributed by atoms with van der Waals surface area (Å²) in [7, 11) is -3.66. The first kappa shape index (κ1) is 15.2. The molecule has 1 aromatic carbocycles. The van der Waals surface area contributed by atoms with Crippen LogP contribution in [0.3, 0.4) is 0 Å². The molecular weight excluding hydrogens is 296 g/mol. The Morgan fingerprint density at radius 1 is 1.24 bits per heavy atom. The van der Waals surface area contributed by atoms with E-state index in [2.05, 4.69) is 0 Å². The molecule has 1 aliphatic heterocycles. The van der Waals surface area contributed by atoms with Gasteiger partial charge in [-0.3, -0.25) is 19.3 Å². The largest absolute Gasteiger partial charge is 0.369 e. The van der Waals surface area contributed by atoms with Crippen molar-refractivity contribution in [1.82, 2.24) is 4.90 Å². The average Bonchev–Trinajstić information content (AvgIpc) is 2.60. The van der Waals surface area contributed by atoms with Gasteiger partial charge in [-0.05, 0) is 24.6 Å². The van der Waals surface area contributed by atoms with E-state index in [4.69, 9.17) is 5.73 Å². The molecule has 0 saturated heterocycles. The van der Waals surface area contributed by atoms with Gasteiger partial charge in [0.2, 0.25) is 5.91 Å². The molecule has 0 aromatic heterocycles. The summed E-state index contributed by atoms with van der Waals surface area (Å²) in [5, 5.41) is 0. The third kappa shape index (κ3) is 2.42. The van der Waals surface area contributed by atoms with Gasteiger partial charge in [0.1, 0.15) is 0 Å². The molecule has 0 radical (unpaired) electrons. The van der Waals surface area contributed by atoms with Crippen molar-refractivity contribution in [2.75, 3.05) is 12.8 Å². The lowest BCUT2D eigenvalue weighted by molar-refractivity contribution is -0.117. The summed E-state index contributed by atoms with van der Waals surface area (Å²) in [6.45, 7) is 1.80. The summed E-state index contributed by atoms with van der Waals surface area (Å²) in [5.41, 5.74) is 5.20. The number of benzene rings is 1. The lowest BCUT2D eigenvalue weighted by Gasteiger charge is -2.11. The van der Waals surface area contributed by atoms with Gasteiger partial charge in [-0.2, -0.15) is 0 Å². The Hall–Kier alpha value is -2.22. The van der Waals surface area contributed by atoms with Crippen molar-refractivity contribution in [3.8, 4) is 0 Å². The van der Waals surface area contributed by atoms with Crippen LogP contribution in [-0.4, -0.2) is 43.8 Å². The summed E-state index contributed by atoms with van der Waals surface area (Å²) in [4.78, 5) is 36.4. The monoisotopic (exact) mass is 310 g/mol. The van der Waals surface area contributed by atoms with E-state index >= 15 is 0 Å². The van der Waals surface area contributed by atoms with Crippen LogP contribution < -0.4 is 5.73 Å². The van der Waals surface area contributed by atoms with Gasteiger partial charge in [-0.15, -0.1) is 0 Å². The minimum absolute atomic E-state index is 0.00296. The van der Waals surface area contributed by atoms with Crippen molar-refractivity contribution in [2.24, 2.45) is 5.73 Å². The second kappa shape index (κ2) is 4.96. The predicted octanol–water partition coefficient (Wildman–Crippen LogP) is -0.266. The summed E-state index contributed by atoms with van der Waals surface area (Å²) in [6, 6.07) is 2.53. The van der Waals surface area contributed by atoms with Gasteiger partial charge >= 0.3 is 0 Å². The summed E-state index contributed by atoms with van der Waals surface area (Å²) >= 11 is 0. The minimum Gasteiger partial charge on any atom is -0.369 e. The zero-order chi connectivity index (χ0) is 15.9. The molecule has 0 saturated carbocycles. The van der Waals surface area contributed by atoms with E-state index in [9.17, 15) is 22.8 Å². The van der Waals surface area contributed by atoms with Crippen molar-refractivity contribution in [3.05, 3.63) is 28.8 Å².